The molecular weight excluding hydrogens is 1280 g/mol. The number of esters is 4. The first-order valence-electron chi connectivity index (χ1n) is 39.2. The van der Waals surface area contributed by atoms with Gasteiger partial charge in [0, 0.05) is 25.7 Å². The van der Waals surface area contributed by atoms with Gasteiger partial charge in [-0.15, -0.1) is 0 Å². The lowest BCUT2D eigenvalue weighted by Crippen LogP contribution is -2.30. The van der Waals surface area contributed by atoms with Crippen LogP contribution >= 0.6 is 15.6 Å². The van der Waals surface area contributed by atoms with Crippen molar-refractivity contribution < 1.29 is 80.2 Å². The second-order valence-electron chi connectivity index (χ2n) is 26.3. The Morgan fingerprint density at radius 2 is 0.531 bits per heavy atom. The summed E-state index contributed by atoms with van der Waals surface area (Å²) in [6.07, 6.45) is 71.6. The summed E-state index contributed by atoms with van der Waals surface area (Å²) in [5, 5.41) is 10.6. The largest absolute Gasteiger partial charge is 0.472 e. The van der Waals surface area contributed by atoms with Gasteiger partial charge in [0.1, 0.15) is 19.3 Å². The van der Waals surface area contributed by atoms with Gasteiger partial charge in [-0.1, -0.05) is 300 Å². The van der Waals surface area contributed by atoms with E-state index in [0.29, 0.717) is 25.7 Å². The molecule has 0 spiro atoms. The Labute approximate surface area is 596 Å². The van der Waals surface area contributed by atoms with Crippen LogP contribution in [0.4, 0.5) is 0 Å². The standard InChI is InChI=1S/C79H142O17P2/c1-5-9-13-17-21-25-29-33-35-36-38-42-44-48-52-56-60-64-77(82)90-70-75(96-79(84)66-62-58-54-50-46-40-32-28-24-20-16-12-8-4)72-94-98(87,88)92-68-73(80)67-91-97(85,86)93-71-74(95-78(83)65-61-57-53-49-45-39-31-27-23-19-15-11-7-3)69-89-76(81)63-59-55-51-47-43-41-37-34-30-26-22-18-14-10-6-2/h9,13,21-22,25-26,33-35,37-38,42,73-75,80H,5-8,10-12,14-20,23-24,27-32,36,39-41,43-72H2,1-4H3,(H,85,86)(H,87,88)/b13-9-,25-21-,26-22-,35-33-,37-34-,42-38-. The third kappa shape index (κ3) is 70.9. The van der Waals surface area contributed by atoms with Crippen LogP contribution < -0.4 is 0 Å². The third-order valence-corrected chi connectivity index (χ3v) is 18.6. The molecule has 0 aromatic rings. The van der Waals surface area contributed by atoms with E-state index in [2.05, 4.69) is 101 Å². The average molecular weight is 1430 g/mol. The van der Waals surface area contributed by atoms with Gasteiger partial charge >= 0.3 is 39.5 Å². The first kappa shape index (κ1) is 94.5. The number of rotatable bonds is 74. The molecular formula is C79H142O17P2. The SMILES string of the molecule is CC/C=C\C/C=C\C/C=C\C/C=C\CCCCCCC(=O)OCC(COP(=O)(O)OCC(O)COP(=O)(O)OCC(COC(=O)CCCCCCC/C=C\C/C=C\CCCCC)OC(=O)CCCCCCCCCCCCCCC)OC(=O)CCCCCCCCCCCCCCC. The van der Waals surface area contributed by atoms with Crippen LogP contribution in [0, 0.1) is 0 Å². The van der Waals surface area contributed by atoms with Gasteiger partial charge in [-0.3, -0.25) is 37.3 Å². The molecule has 5 unspecified atom stereocenters. The molecule has 0 aromatic carbocycles. The van der Waals surface area contributed by atoms with Crippen LogP contribution in [0.3, 0.4) is 0 Å². The summed E-state index contributed by atoms with van der Waals surface area (Å²) in [6, 6.07) is 0. The van der Waals surface area contributed by atoms with E-state index >= 15 is 0 Å². The highest BCUT2D eigenvalue weighted by Crippen LogP contribution is 2.45. The predicted octanol–water partition coefficient (Wildman–Crippen LogP) is 22.4. The van der Waals surface area contributed by atoms with E-state index in [4.69, 9.17) is 37.0 Å². The maximum Gasteiger partial charge on any atom is 0.472 e. The Bertz CT molecular complexity index is 2140. The number of aliphatic hydroxyl groups excluding tert-OH is 1. The van der Waals surface area contributed by atoms with Gasteiger partial charge in [-0.25, -0.2) is 9.13 Å². The van der Waals surface area contributed by atoms with Crippen LogP contribution in [0.25, 0.3) is 0 Å². The number of carbonyl (C=O) groups is 4. The molecule has 98 heavy (non-hydrogen) atoms. The van der Waals surface area contributed by atoms with Crippen LogP contribution in [0.1, 0.15) is 349 Å². The summed E-state index contributed by atoms with van der Waals surface area (Å²) in [7, 11) is -9.94. The number of hydrogen-bond donors (Lipinski definition) is 3. The van der Waals surface area contributed by atoms with Crippen molar-refractivity contribution in [1.82, 2.24) is 0 Å². The molecule has 5 atom stereocenters. The molecule has 0 fully saturated rings. The Hall–Kier alpha value is -3.50. The smallest absolute Gasteiger partial charge is 0.462 e. The minimum absolute atomic E-state index is 0.0943. The van der Waals surface area contributed by atoms with E-state index in [9.17, 15) is 43.2 Å². The van der Waals surface area contributed by atoms with Crippen LogP contribution in [0.15, 0.2) is 72.9 Å². The topological polar surface area (TPSA) is 237 Å². The number of unbranched alkanes of at least 4 members (excludes halogenated alkanes) is 36. The van der Waals surface area contributed by atoms with Gasteiger partial charge in [0.05, 0.1) is 26.4 Å². The molecule has 0 saturated carbocycles. The molecule has 19 heteroatoms. The average Bonchev–Trinajstić information content (AvgIpc) is 0.969. The maximum atomic E-state index is 13.1. The highest BCUT2D eigenvalue weighted by molar-refractivity contribution is 7.47. The number of hydrogen-bond acceptors (Lipinski definition) is 15. The molecule has 0 saturated heterocycles. The van der Waals surface area contributed by atoms with E-state index < -0.39 is 97.5 Å². The van der Waals surface area contributed by atoms with Gasteiger partial charge in [-0.2, -0.15) is 0 Å². The van der Waals surface area contributed by atoms with Crippen LogP contribution in [-0.4, -0.2) is 96.7 Å². The van der Waals surface area contributed by atoms with Crippen molar-refractivity contribution in [1.29, 1.82) is 0 Å². The van der Waals surface area contributed by atoms with E-state index in [0.717, 1.165) is 148 Å². The number of aliphatic hydroxyl groups is 1. The number of ether oxygens (including phenoxy) is 4. The molecule has 570 valence electrons. The zero-order valence-corrected chi connectivity index (χ0v) is 64.0. The lowest BCUT2D eigenvalue weighted by atomic mass is 10.0. The first-order valence-corrected chi connectivity index (χ1v) is 42.2. The number of carbonyl (C=O) groups excluding carboxylic acids is 4. The molecule has 0 rings (SSSR count). The van der Waals surface area contributed by atoms with E-state index in [1.54, 1.807) is 0 Å². The molecule has 0 radical (unpaired) electrons. The van der Waals surface area contributed by atoms with Gasteiger partial charge in [0.25, 0.3) is 0 Å². The summed E-state index contributed by atoms with van der Waals surface area (Å²) < 4.78 is 68.5. The van der Waals surface area contributed by atoms with Crippen molar-refractivity contribution in [3.8, 4) is 0 Å². The fourth-order valence-electron chi connectivity index (χ4n) is 10.7. The first-order chi connectivity index (χ1) is 47.7. The lowest BCUT2D eigenvalue weighted by Gasteiger charge is -2.21. The van der Waals surface area contributed by atoms with Crippen molar-refractivity contribution in [2.75, 3.05) is 39.6 Å². The predicted molar refractivity (Wildman–Crippen MR) is 400 cm³/mol. The van der Waals surface area contributed by atoms with Crippen molar-refractivity contribution in [3.05, 3.63) is 72.9 Å². The minimum atomic E-state index is -4.97. The van der Waals surface area contributed by atoms with Crippen molar-refractivity contribution >= 4 is 39.5 Å². The van der Waals surface area contributed by atoms with Crippen LogP contribution in [0.2, 0.25) is 0 Å². The van der Waals surface area contributed by atoms with E-state index in [1.807, 2.05) is 0 Å². The summed E-state index contributed by atoms with van der Waals surface area (Å²) in [6.45, 7) is 4.75. The summed E-state index contributed by atoms with van der Waals surface area (Å²) in [5.74, 6) is -2.19. The molecule has 17 nitrogen and oxygen atoms in total. The Balaban J connectivity index is 5.33. The fraction of sp³-hybridized carbons (Fsp3) is 0.797. The van der Waals surface area contributed by atoms with Crippen molar-refractivity contribution in [3.63, 3.8) is 0 Å². The molecule has 0 aromatic heterocycles. The Kier molecular flexibility index (Phi) is 69.3. The maximum absolute atomic E-state index is 13.1. The molecule has 0 aliphatic carbocycles. The minimum Gasteiger partial charge on any atom is -0.462 e. The Morgan fingerprint density at radius 3 is 0.837 bits per heavy atom. The van der Waals surface area contributed by atoms with E-state index in [1.165, 1.54) is 122 Å². The molecule has 0 heterocycles. The van der Waals surface area contributed by atoms with Gasteiger partial charge in [-0.05, 0) is 96.3 Å². The molecule has 0 aliphatic rings. The number of phosphoric ester groups is 2. The number of allylic oxidation sites excluding steroid dienone is 12. The zero-order chi connectivity index (χ0) is 71.8. The highest BCUT2D eigenvalue weighted by atomic mass is 31.2. The third-order valence-electron chi connectivity index (χ3n) is 16.7. The lowest BCUT2D eigenvalue weighted by molar-refractivity contribution is -0.161. The summed E-state index contributed by atoms with van der Waals surface area (Å²) >= 11 is 0. The van der Waals surface area contributed by atoms with Crippen LogP contribution in [0.5, 0.6) is 0 Å². The molecule has 0 amide bonds. The second kappa shape index (κ2) is 71.9. The molecule has 0 aliphatic heterocycles. The normalized spacial score (nSPS) is 14.3. The van der Waals surface area contributed by atoms with Crippen molar-refractivity contribution in [2.45, 2.75) is 367 Å². The Morgan fingerprint density at radius 1 is 0.296 bits per heavy atom. The fourth-order valence-corrected chi connectivity index (χ4v) is 12.3. The molecule has 0 bridgehead atoms. The van der Waals surface area contributed by atoms with E-state index in [-0.39, 0.29) is 25.7 Å². The van der Waals surface area contributed by atoms with Gasteiger partial charge < -0.3 is 33.8 Å². The second-order valence-corrected chi connectivity index (χ2v) is 29.2. The summed E-state index contributed by atoms with van der Waals surface area (Å²) in [5.41, 5.74) is 0. The monoisotopic (exact) mass is 1420 g/mol. The quantitative estimate of drug-likeness (QED) is 0.0169. The summed E-state index contributed by atoms with van der Waals surface area (Å²) in [4.78, 5) is 72.9. The molecule has 3 N–H and O–H groups in total. The van der Waals surface area contributed by atoms with Crippen LogP contribution in [-0.2, 0) is 65.4 Å². The van der Waals surface area contributed by atoms with Gasteiger partial charge in [0.15, 0.2) is 12.2 Å². The van der Waals surface area contributed by atoms with Gasteiger partial charge in [0.2, 0.25) is 0 Å². The zero-order valence-electron chi connectivity index (χ0n) is 62.2. The highest BCUT2D eigenvalue weighted by Gasteiger charge is 2.30. The number of phosphoric acid groups is 2. The van der Waals surface area contributed by atoms with Crippen molar-refractivity contribution in [2.24, 2.45) is 0 Å².